The van der Waals surface area contributed by atoms with E-state index in [4.69, 9.17) is 4.74 Å². The van der Waals surface area contributed by atoms with Crippen molar-refractivity contribution in [2.75, 3.05) is 6.61 Å². The van der Waals surface area contributed by atoms with Crippen molar-refractivity contribution in [3.63, 3.8) is 0 Å². The quantitative estimate of drug-likeness (QED) is 0.615. The van der Waals surface area contributed by atoms with Crippen LogP contribution in [0.4, 0.5) is 0 Å². The van der Waals surface area contributed by atoms with E-state index >= 15 is 0 Å². The summed E-state index contributed by atoms with van der Waals surface area (Å²) in [5, 5.41) is 11.0. The van der Waals surface area contributed by atoms with Gasteiger partial charge in [0.15, 0.2) is 0 Å². The summed E-state index contributed by atoms with van der Waals surface area (Å²) in [6.07, 6.45) is 7.20. The van der Waals surface area contributed by atoms with E-state index in [1.54, 1.807) is 0 Å². The molecule has 2 heteroatoms. The average Bonchev–Trinajstić information content (AvgIpc) is 2.47. The smallest absolute Gasteiger partial charge is 0.0861 e. The van der Waals surface area contributed by atoms with Gasteiger partial charge in [-0.15, -0.1) is 0 Å². The molecule has 0 heterocycles. The molecule has 3 atom stereocenters. The zero-order valence-electron chi connectivity index (χ0n) is 14.2. The molecule has 122 valence electrons. The van der Waals surface area contributed by atoms with Crippen LogP contribution in [0.2, 0.25) is 0 Å². The summed E-state index contributed by atoms with van der Waals surface area (Å²) in [5.74, 6) is 1.45. The number of rotatable bonds is 6. The highest BCUT2D eigenvalue weighted by molar-refractivity contribution is 5.13. The van der Waals surface area contributed by atoms with Gasteiger partial charge in [-0.05, 0) is 36.2 Å². The van der Waals surface area contributed by atoms with Crippen molar-refractivity contribution in [3.05, 3.63) is 48.0 Å². The molecule has 1 aliphatic carbocycles. The summed E-state index contributed by atoms with van der Waals surface area (Å²) in [6, 6.07) is 10.2. The fraction of sp³-hybridized carbons (Fsp3) is 0.600. The molecule has 0 aromatic heterocycles. The molecule has 2 rings (SSSR count). The summed E-state index contributed by atoms with van der Waals surface area (Å²) in [7, 11) is 0. The summed E-state index contributed by atoms with van der Waals surface area (Å²) >= 11 is 0. The number of hydrogen-bond donors (Lipinski definition) is 1. The number of hydrogen-bond acceptors (Lipinski definition) is 2. The second-order valence-electron chi connectivity index (χ2n) is 7.13. The average molecular weight is 302 g/mol. The predicted molar refractivity (Wildman–Crippen MR) is 91.5 cm³/mol. The van der Waals surface area contributed by atoms with E-state index in [2.05, 4.69) is 32.9 Å². The van der Waals surface area contributed by atoms with Crippen LogP contribution in [-0.4, -0.2) is 17.3 Å². The van der Waals surface area contributed by atoms with Crippen molar-refractivity contribution in [1.29, 1.82) is 0 Å². The van der Waals surface area contributed by atoms with Crippen molar-refractivity contribution in [2.24, 2.45) is 17.8 Å². The monoisotopic (exact) mass is 302 g/mol. The molecule has 1 aromatic carbocycles. The molecule has 2 nitrogen and oxygen atoms in total. The van der Waals surface area contributed by atoms with E-state index in [-0.39, 0.29) is 0 Å². The maximum Gasteiger partial charge on any atom is 0.0861 e. The van der Waals surface area contributed by atoms with Gasteiger partial charge in [0, 0.05) is 0 Å². The Morgan fingerprint density at radius 1 is 1.27 bits per heavy atom. The molecule has 1 N–H and O–H groups in total. The van der Waals surface area contributed by atoms with Crippen molar-refractivity contribution in [2.45, 2.75) is 52.2 Å². The van der Waals surface area contributed by atoms with E-state index in [1.807, 2.05) is 30.4 Å². The van der Waals surface area contributed by atoms with Gasteiger partial charge in [0.05, 0.1) is 18.8 Å². The van der Waals surface area contributed by atoms with Crippen molar-refractivity contribution in [1.82, 2.24) is 0 Å². The van der Waals surface area contributed by atoms with Crippen LogP contribution in [0.3, 0.4) is 0 Å². The highest BCUT2D eigenvalue weighted by atomic mass is 16.5. The normalized spacial score (nSPS) is 29.3. The van der Waals surface area contributed by atoms with Gasteiger partial charge in [0.1, 0.15) is 0 Å². The molecule has 0 radical (unpaired) electrons. The van der Waals surface area contributed by atoms with Gasteiger partial charge in [-0.2, -0.15) is 0 Å². The first-order valence-electron chi connectivity index (χ1n) is 8.53. The highest BCUT2D eigenvalue weighted by Crippen LogP contribution is 2.41. The third-order valence-electron chi connectivity index (χ3n) is 4.82. The molecule has 0 unspecified atom stereocenters. The van der Waals surface area contributed by atoms with Crippen LogP contribution >= 0.6 is 0 Å². The molecule has 1 aliphatic rings. The van der Waals surface area contributed by atoms with E-state index in [0.29, 0.717) is 31.0 Å². The molecule has 1 fully saturated rings. The summed E-state index contributed by atoms with van der Waals surface area (Å²) < 4.78 is 5.68. The Labute approximate surface area is 135 Å². The maximum absolute atomic E-state index is 11.0. The Morgan fingerprint density at radius 2 is 2.00 bits per heavy atom. The van der Waals surface area contributed by atoms with E-state index in [0.717, 1.165) is 12.8 Å². The highest BCUT2D eigenvalue weighted by Gasteiger charge is 2.40. The van der Waals surface area contributed by atoms with Crippen LogP contribution in [0, 0.1) is 17.8 Å². The first-order chi connectivity index (χ1) is 10.5. The van der Waals surface area contributed by atoms with Crippen LogP contribution in [0.1, 0.15) is 45.6 Å². The zero-order valence-corrected chi connectivity index (χ0v) is 14.2. The molecule has 0 bridgehead atoms. The van der Waals surface area contributed by atoms with Gasteiger partial charge in [-0.3, -0.25) is 0 Å². The second kappa shape index (κ2) is 7.94. The van der Waals surface area contributed by atoms with Gasteiger partial charge in [0.2, 0.25) is 0 Å². The van der Waals surface area contributed by atoms with Crippen LogP contribution in [0.5, 0.6) is 0 Å². The van der Waals surface area contributed by atoms with Gasteiger partial charge in [-0.1, -0.05) is 69.7 Å². The molecule has 0 saturated heterocycles. The molecule has 0 spiro atoms. The Bertz CT molecular complexity index is 466. The standard InChI is InChI=1S/C20H30O2/c1-16(2)19-11-10-17(3)14-20(19,21)12-7-13-22-15-18-8-5-4-6-9-18/h4-9,12,16-17,19,21H,10-11,13-15H2,1-3H3/b12-7+/t17-,19+,20-/m1/s1. The molecule has 1 aromatic rings. The SMILES string of the molecule is CC(C)[C@@H]1CC[C@@H](C)C[C@]1(O)/C=C/COCc1ccccc1. The third-order valence-corrected chi connectivity index (χ3v) is 4.82. The largest absolute Gasteiger partial charge is 0.385 e. The second-order valence-corrected chi connectivity index (χ2v) is 7.13. The Morgan fingerprint density at radius 3 is 2.68 bits per heavy atom. The predicted octanol–water partition coefficient (Wildman–Crippen LogP) is 4.58. The number of ether oxygens (including phenoxy) is 1. The molecule has 0 aliphatic heterocycles. The van der Waals surface area contributed by atoms with Crippen LogP contribution < -0.4 is 0 Å². The van der Waals surface area contributed by atoms with Gasteiger partial charge in [0.25, 0.3) is 0 Å². The van der Waals surface area contributed by atoms with Crippen LogP contribution in [0.15, 0.2) is 42.5 Å². The third kappa shape index (κ3) is 4.69. The molecular weight excluding hydrogens is 272 g/mol. The fourth-order valence-corrected chi connectivity index (χ4v) is 3.70. The van der Waals surface area contributed by atoms with E-state index in [1.165, 1.54) is 12.0 Å². The minimum atomic E-state index is -0.665. The molecule has 1 saturated carbocycles. The summed E-state index contributed by atoms with van der Waals surface area (Å²) in [6.45, 7) is 7.84. The minimum absolute atomic E-state index is 0.356. The van der Waals surface area contributed by atoms with Gasteiger partial charge >= 0.3 is 0 Å². The Hall–Kier alpha value is -1.12. The Kier molecular flexibility index (Phi) is 6.22. The number of benzene rings is 1. The van der Waals surface area contributed by atoms with Crippen LogP contribution in [0.25, 0.3) is 0 Å². The number of aliphatic hydroxyl groups is 1. The molecule has 22 heavy (non-hydrogen) atoms. The molecular formula is C20H30O2. The lowest BCUT2D eigenvalue weighted by Crippen LogP contribution is -2.43. The van der Waals surface area contributed by atoms with E-state index in [9.17, 15) is 5.11 Å². The summed E-state index contributed by atoms with van der Waals surface area (Å²) in [4.78, 5) is 0. The lowest BCUT2D eigenvalue weighted by Gasteiger charge is -2.43. The first kappa shape index (κ1) is 17.2. The van der Waals surface area contributed by atoms with Gasteiger partial charge in [-0.25, -0.2) is 0 Å². The molecule has 0 amide bonds. The van der Waals surface area contributed by atoms with E-state index < -0.39 is 5.60 Å². The van der Waals surface area contributed by atoms with Crippen molar-refractivity contribution < 1.29 is 9.84 Å². The van der Waals surface area contributed by atoms with Crippen LogP contribution in [-0.2, 0) is 11.3 Å². The maximum atomic E-state index is 11.0. The Balaban J connectivity index is 1.86. The lowest BCUT2D eigenvalue weighted by molar-refractivity contribution is -0.0412. The van der Waals surface area contributed by atoms with Crippen molar-refractivity contribution >= 4 is 0 Å². The topological polar surface area (TPSA) is 29.5 Å². The van der Waals surface area contributed by atoms with Gasteiger partial charge < -0.3 is 9.84 Å². The minimum Gasteiger partial charge on any atom is -0.385 e. The summed E-state index contributed by atoms with van der Waals surface area (Å²) in [5.41, 5.74) is 0.517. The van der Waals surface area contributed by atoms with Crippen molar-refractivity contribution in [3.8, 4) is 0 Å². The fourth-order valence-electron chi connectivity index (χ4n) is 3.70. The first-order valence-corrected chi connectivity index (χ1v) is 8.53. The lowest BCUT2D eigenvalue weighted by atomic mass is 9.67. The zero-order chi connectivity index (χ0) is 16.0.